The van der Waals surface area contributed by atoms with Gasteiger partial charge in [0.1, 0.15) is 11.6 Å². The first kappa shape index (κ1) is 19.7. The van der Waals surface area contributed by atoms with E-state index < -0.39 is 23.4 Å². The molecule has 1 aromatic carbocycles. The highest BCUT2D eigenvalue weighted by Gasteiger charge is 2.31. The molecule has 1 fully saturated rings. The number of hydrogen-bond donors (Lipinski definition) is 1. The van der Waals surface area contributed by atoms with Crippen molar-refractivity contribution in [1.82, 2.24) is 14.9 Å². The summed E-state index contributed by atoms with van der Waals surface area (Å²) in [5, 5.41) is 2.28. The van der Waals surface area contributed by atoms with Gasteiger partial charge in [0.25, 0.3) is 11.8 Å². The Morgan fingerprint density at radius 2 is 2.03 bits per heavy atom. The minimum atomic E-state index is -1.00. The van der Waals surface area contributed by atoms with Crippen LogP contribution < -0.4 is 5.32 Å². The smallest absolute Gasteiger partial charge is 0.293 e. The number of rotatable bonds is 4. The maximum absolute atomic E-state index is 14.5. The van der Waals surface area contributed by atoms with Crippen LogP contribution in [0, 0.1) is 11.6 Å². The largest absolute Gasteiger partial charge is 0.438 e. The Balaban J connectivity index is 1.63. The van der Waals surface area contributed by atoms with Gasteiger partial charge in [-0.15, -0.1) is 0 Å². The topological polar surface area (TPSA) is 88.3 Å². The van der Waals surface area contributed by atoms with Crippen LogP contribution in [0.2, 0.25) is 0 Å². The second kappa shape index (κ2) is 8.40. The Hall–Kier alpha value is -3.62. The predicted octanol–water partition coefficient (Wildman–Crippen LogP) is 3.97. The van der Waals surface area contributed by atoms with Gasteiger partial charge < -0.3 is 14.6 Å². The number of oxazole rings is 1. The first-order valence-corrected chi connectivity index (χ1v) is 9.45. The first-order valence-electron chi connectivity index (χ1n) is 9.45. The third-order valence-corrected chi connectivity index (χ3v) is 4.98. The third-order valence-electron chi connectivity index (χ3n) is 4.98. The van der Waals surface area contributed by atoms with Gasteiger partial charge in [0.05, 0.1) is 29.2 Å². The number of piperidine rings is 1. The third kappa shape index (κ3) is 3.91. The van der Waals surface area contributed by atoms with Crippen molar-refractivity contribution in [2.45, 2.75) is 25.3 Å². The SMILES string of the molecule is O=C(Nc1cc(C(=O)N2CCCCC2c2ccccn2)c(F)cc1F)c1cnco1. The van der Waals surface area contributed by atoms with Crippen molar-refractivity contribution in [2.24, 2.45) is 0 Å². The van der Waals surface area contributed by atoms with Crippen molar-refractivity contribution in [1.29, 1.82) is 0 Å². The van der Waals surface area contributed by atoms with E-state index in [0.717, 1.165) is 31.5 Å². The van der Waals surface area contributed by atoms with Crippen LogP contribution in [0.1, 0.15) is 51.9 Å². The zero-order valence-corrected chi connectivity index (χ0v) is 15.8. The van der Waals surface area contributed by atoms with E-state index in [4.69, 9.17) is 4.42 Å². The fraction of sp³-hybridized carbons (Fsp3) is 0.238. The predicted molar refractivity (Wildman–Crippen MR) is 103 cm³/mol. The minimum absolute atomic E-state index is 0.141. The molecule has 7 nitrogen and oxygen atoms in total. The van der Waals surface area contributed by atoms with E-state index in [1.54, 1.807) is 17.2 Å². The Kier molecular flexibility index (Phi) is 5.51. The number of anilines is 1. The van der Waals surface area contributed by atoms with Gasteiger partial charge >= 0.3 is 0 Å². The van der Waals surface area contributed by atoms with Crippen molar-refractivity contribution in [2.75, 3.05) is 11.9 Å². The van der Waals surface area contributed by atoms with Crippen molar-refractivity contribution in [3.05, 3.63) is 77.8 Å². The lowest BCUT2D eigenvalue weighted by molar-refractivity contribution is 0.0601. The molecule has 0 radical (unpaired) electrons. The normalized spacial score (nSPS) is 16.3. The summed E-state index contributed by atoms with van der Waals surface area (Å²) in [6, 6.07) is 6.72. The van der Waals surface area contributed by atoms with E-state index in [-0.39, 0.29) is 23.1 Å². The van der Waals surface area contributed by atoms with Gasteiger partial charge in [0, 0.05) is 18.8 Å². The van der Waals surface area contributed by atoms with Crippen LogP contribution in [0.4, 0.5) is 14.5 Å². The summed E-state index contributed by atoms with van der Waals surface area (Å²) < 4.78 is 33.6. The molecule has 154 valence electrons. The van der Waals surface area contributed by atoms with Crippen molar-refractivity contribution in [3.8, 4) is 0 Å². The monoisotopic (exact) mass is 412 g/mol. The highest BCUT2D eigenvalue weighted by Crippen LogP contribution is 2.32. The number of likely N-dealkylation sites (tertiary alicyclic amines) is 1. The molecule has 4 rings (SSSR count). The molecule has 2 aromatic heterocycles. The molecule has 9 heteroatoms. The van der Waals surface area contributed by atoms with Gasteiger partial charge in [0.2, 0.25) is 5.76 Å². The van der Waals surface area contributed by atoms with Crippen LogP contribution in [0.15, 0.2) is 53.5 Å². The fourth-order valence-electron chi connectivity index (χ4n) is 3.53. The van der Waals surface area contributed by atoms with Gasteiger partial charge in [-0.05, 0) is 37.5 Å². The summed E-state index contributed by atoms with van der Waals surface area (Å²) in [5.74, 6) is -3.49. The molecule has 0 aliphatic carbocycles. The number of carbonyl (C=O) groups excluding carboxylic acids is 2. The molecule has 3 heterocycles. The molecule has 1 aliphatic rings. The average molecular weight is 412 g/mol. The van der Waals surface area contributed by atoms with Gasteiger partial charge in [-0.3, -0.25) is 14.6 Å². The van der Waals surface area contributed by atoms with Crippen LogP contribution in [0.3, 0.4) is 0 Å². The van der Waals surface area contributed by atoms with Crippen molar-refractivity contribution >= 4 is 17.5 Å². The van der Waals surface area contributed by atoms with E-state index in [1.165, 1.54) is 0 Å². The van der Waals surface area contributed by atoms with E-state index in [2.05, 4.69) is 15.3 Å². The summed E-state index contributed by atoms with van der Waals surface area (Å²) >= 11 is 0. The standard InChI is InChI=1S/C21H18F2N4O3/c22-14-10-15(23)17(26-20(28)19-11-24-12-30-19)9-13(14)21(29)27-8-4-2-6-18(27)16-5-1-3-7-25-16/h1,3,5,7,9-12,18H,2,4,6,8H2,(H,26,28). The maximum Gasteiger partial charge on any atom is 0.293 e. The van der Waals surface area contributed by atoms with E-state index in [0.29, 0.717) is 24.7 Å². The van der Waals surface area contributed by atoms with Crippen LogP contribution in [0.25, 0.3) is 0 Å². The number of amides is 2. The molecule has 1 atom stereocenters. The highest BCUT2D eigenvalue weighted by molar-refractivity contribution is 6.03. The van der Waals surface area contributed by atoms with Gasteiger partial charge in [-0.1, -0.05) is 6.07 Å². The Morgan fingerprint density at radius 1 is 1.17 bits per heavy atom. The van der Waals surface area contributed by atoms with E-state index >= 15 is 0 Å². The number of hydrogen-bond acceptors (Lipinski definition) is 5. The number of nitrogens with zero attached hydrogens (tertiary/aromatic N) is 3. The summed E-state index contributed by atoms with van der Waals surface area (Å²) in [4.78, 5) is 34.8. The van der Waals surface area contributed by atoms with Gasteiger partial charge in [0.15, 0.2) is 6.39 Å². The van der Waals surface area contributed by atoms with Crippen LogP contribution in [-0.4, -0.2) is 33.2 Å². The molecule has 3 aromatic rings. The summed E-state index contributed by atoms with van der Waals surface area (Å²) in [6.45, 7) is 0.427. The molecule has 1 saturated heterocycles. The van der Waals surface area contributed by atoms with E-state index in [1.807, 2.05) is 12.1 Å². The minimum Gasteiger partial charge on any atom is -0.438 e. The van der Waals surface area contributed by atoms with Gasteiger partial charge in [-0.25, -0.2) is 13.8 Å². The molecule has 0 saturated carbocycles. The second-order valence-corrected chi connectivity index (χ2v) is 6.90. The number of halogens is 2. The molecule has 0 spiro atoms. The summed E-state index contributed by atoms with van der Waals surface area (Å²) in [5.41, 5.74) is 0.0616. The van der Waals surface area contributed by atoms with Gasteiger partial charge in [-0.2, -0.15) is 0 Å². The number of benzene rings is 1. The lowest BCUT2D eigenvalue weighted by atomic mass is 9.97. The number of pyridine rings is 1. The quantitative estimate of drug-likeness (QED) is 0.701. The molecule has 30 heavy (non-hydrogen) atoms. The van der Waals surface area contributed by atoms with Crippen LogP contribution >= 0.6 is 0 Å². The number of aromatic nitrogens is 2. The summed E-state index contributed by atoms with van der Waals surface area (Å²) in [7, 11) is 0. The molecule has 2 amide bonds. The van der Waals surface area contributed by atoms with E-state index in [9.17, 15) is 18.4 Å². The zero-order chi connectivity index (χ0) is 21.1. The number of carbonyl (C=O) groups is 2. The number of nitrogens with one attached hydrogen (secondary N) is 1. The van der Waals surface area contributed by atoms with Crippen LogP contribution in [0.5, 0.6) is 0 Å². The second-order valence-electron chi connectivity index (χ2n) is 6.90. The molecule has 1 aliphatic heterocycles. The first-order chi connectivity index (χ1) is 14.5. The fourth-order valence-corrected chi connectivity index (χ4v) is 3.53. The molecule has 0 bridgehead atoms. The Labute approximate surface area is 170 Å². The molecular formula is C21H18F2N4O3. The summed E-state index contributed by atoms with van der Waals surface area (Å²) in [6.07, 6.45) is 6.23. The Morgan fingerprint density at radius 3 is 2.77 bits per heavy atom. The Bertz CT molecular complexity index is 1060. The molecule has 1 N–H and O–H groups in total. The average Bonchev–Trinajstić information content (AvgIpc) is 3.31. The zero-order valence-electron chi connectivity index (χ0n) is 15.8. The van der Waals surface area contributed by atoms with Crippen molar-refractivity contribution in [3.63, 3.8) is 0 Å². The van der Waals surface area contributed by atoms with Crippen molar-refractivity contribution < 1.29 is 22.8 Å². The van der Waals surface area contributed by atoms with Crippen LogP contribution in [-0.2, 0) is 0 Å². The molecule has 1 unspecified atom stereocenters. The molecular weight excluding hydrogens is 394 g/mol. The lowest BCUT2D eigenvalue weighted by Crippen LogP contribution is -2.39. The lowest BCUT2D eigenvalue weighted by Gasteiger charge is -2.35. The highest BCUT2D eigenvalue weighted by atomic mass is 19.1. The maximum atomic E-state index is 14.5.